The molecule has 1 aliphatic carbocycles. The third kappa shape index (κ3) is 5.46. The third-order valence-electron chi connectivity index (χ3n) is 5.09. The highest BCUT2D eigenvalue weighted by atomic mass is 16.6. The summed E-state index contributed by atoms with van der Waals surface area (Å²) in [4.78, 5) is 14.0. The van der Waals surface area contributed by atoms with Crippen LogP contribution in [-0.4, -0.2) is 36.2 Å². The predicted octanol–water partition coefficient (Wildman–Crippen LogP) is 4.30. The van der Waals surface area contributed by atoms with E-state index in [-0.39, 0.29) is 6.09 Å². The summed E-state index contributed by atoms with van der Waals surface area (Å²) in [6.45, 7) is 9.35. The van der Waals surface area contributed by atoms with Gasteiger partial charge in [-0.05, 0) is 76.0 Å². The zero-order chi connectivity index (χ0) is 17.9. The van der Waals surface area contributed by atoms with Crippen LogP contribution in [-0.2, 0) is 11.3 Å². The lowest BCUT2D eigenvalue weighted by atomic mass is 9.96. The molecule has 0 radical (unpaired) electrons. The summed E-state index contributed by atoms with van der Waals surface area (Å²) in [6.07, 6.45) is 4.63. The van der Waals surface area contributed by atoms with E-state index in [1.165, 1.54) is 24.0 Å². The summed E-state index contributed by atoms with van der Waals surface area (Å²) >= 11 is 0. The smallest absolute Gasteiger partial charge is 0.410 e. The minimum atomic E-state index is -0.412. The van der Waals surface area contributed by atoms with Crippen LogP contribution in [0, 0.1) is 5.92 Å². The Morgan fingerprint density at radius 2 is 1.84 bits per heavy atom. The Morgan fingerprint density at radius 1 is 1.16 bits per heavy atom. The maximum atomic E-state index is 12.1. The molecule has 0 spiro atoms. The fraction of sp³-hybridized carbons (Fsp3) is 0.667. The minimum absolute atomic E-state index is 0.169. The van der Waals surface area contributed by atoms with Gasteiger partial charge in [0.05, 0.1) is 0 Å². The summed E-state index contributed by atoms with van der Waals surface area (Å²) < 4.78 is 5.46. The molecule has 0 atom stereocenters. The zero-order valence-corrected chi connectivity index (χ0v) is 15.9. The number of carbonyl (C=O) groups is 1. The Morgan fingerprint density at radius 3 is 2.48 bits per heavy atom. The van der Waals surface area contributed by atoms with Crippen molar-refractivity contribution in [3.05, 3.63) is 35.4 Å². The summed E-state index contributed by atoms with van der Waals surface area (Å²) in [5, 5.41) is 3.64. The summed E-state index contributed by atoms with van der Waals surface area (Å²) in [6, 6.07) is 8.84. The van der Waals surface area contributed by atoms with E-state index < -0.39 is 5.60 Å². The first kappa shape index (κ1) is 18.2. The van der Waals surface area contributed by atoms with E-state index in [1.54, 1.807) is 0 Å². The second kappa shape index (κ2) is 7.77. The van der Waals surface area contributed by atoms with Gasteiger partial charge in [0.1, 0.15) is 5.60 Å². The van der Waals surface area contributed by atoms with Crippen LogP contribution in [0.1, 0.15) is 63.5 Å². The van der Waals surface area contributed by atoms with E-state index in [9.17, 15) is 4.79 Å². The van der Waals surface area contributed by atoms with Gasteiger partial charge in [0, 0.05) is 19.6 Å². The Kier molecular flexibility index (Phi) is 5.67. The number of nitrogens with one attached hydrogen (secondary N) is 1. The Balaban J connectivity index is 1.39. The molecule has 1 aromatic carbocycles. The molecule has 138 valence electrons. The number of hydrogen-bond acceptors (Lipinski definition) is 3. The van der Waals surface area contributed by atoms with Crippen LogP contribution >= 0.6 is 0 Å². The summed E-state index contributed by atoms with van der Waals surface area (Å²) in [5.41, 5.74) is 2.58. The van der Waals surface area contributed by atoms with Crippen LogP contribution in [0.4, 0.5) is 4.79 Å². The SMILES string of the molecule is CC(C)(C)OC(=O)N1CCC(CNCc2ccccc2C2CC2)CC1. The third-order valence-corrected chi connectivity index (χ3v) is 5.09. The van der Waals surface area contributed by atoms with Gasteiger partial charge in [0.2, 0.25) is 0 Å². The second-order valence-corrected chi connectivity index (χ2v) is 8.51. The molecule has 1 amide bonds. The highest BCUT2D eigenvalue weighted by Crippen LogP contribution is 2.41. The van der Waals surface area contributed by atoms with Gasteiger partial charge in [0.15, 0.2) is 0 Å². The molecule has 1 aliphatic heterocycles. The van der Waals surface area contributed by atoms with Crippen molar-refractivity contribution in [2.24, 2.45) is 5.92 Å². The predicted molar refractivity (Wildman–Crippen MR) is 101 cm³/mol. The standard InChI is InChI=1S/C21H32N2O2/c1-21(2,3)25-20(24)23-12-10-16(11-13-23)14-22-15-18-6-4-5-7-19(18)17-8-9-17/h4-7,16-17,22H,8-15H2,1-3H3. The van der Waals surface area contributed by atoms with Crippen molar-refractivity contribution in [2.75, 3.05) is 19.6 Å². The normalized spacial score (nSPS) is 19.1. The first-order valence-corrected chi connectivity index (χ1v) is 9.69. The molecule has 4 heteroatoms. The molecule has 4 nitrogen and oxygen atoms in total. The fourth-order valence-electron chi connectivity index (χ4n) is 3.54. The number of hydrogen-bond donors (Lipinski definition) is 1. The van der Waals surface area contributed by atoms with Crippen LogP contribution in [0.5, 0.6) is 0 Å². The van der Waals surface area contributed by atoms with Gasteiger partial charge in [-0.1, -0.05) is 24.3 Å². The monoisotopic (exact) mass is 344 g/mol. The maximum absolute atomic E-state index is 12.1. The van der Waals surface area contributed by atoms with E-state index in [0.29, 0.717) is 5.92 Å². The molecule has 2 fully saturated rings. The number of amides is 1. The van der Waals surface area contributed by atoms with Gasteiger partial charge in [-0.3, -0.25) is 0 Å². The van der Waals surface area contributed by atoms with Gasteiger partial charge in [-0.15, -0.1) is 0 Å². The van der Waals surface area contributed by atoms with E-state index in [1.807, 2.05) is 25.7 Å². The Labute approximate surface area is 151 Å². The molecule has 1 heterocycles. The number of ether oxygens (including phenoxy) is 1. The molecule has 0 unspecified atom stereocenters. The van der Waals surface area contributed by atoms with Gasteiger partial charge in [-0.2, -0.15) is 0 Å². The number of benzene rings is 1. The number of rotatable bonds is 5. The quantitative estimate of drug-likeness (QED) is 0.866. The van der Waals surface area contributed by atoms with Crippen LogP contribution in [0.25, 0.3) is 0 Å². The van der Waals surface area contributed by atoms with Crippen molar-refractivity contribution in [3.8, 4) is 0 Å². The molecule has 1 aromatic rings. The summed E-state index contributed by atoms with van der Waals surface area (Å²) in [7, 11) is 0. The Bertz CT molecular complexity index is 582. The van der Waals surface area contributed by atoms with Crippen LogP contribution in [0.15, 0.2) is 24.3 Å². The van der Waals surface area contributed by atoms with Crippen LogP contribution in [0.3, 0.4) is 0 Å². The average molecular weight is 344 g/mol. The fourth-order valence-corrected chi connectivity index (χ4v) is 3.54. The molecule has 3 rings (SSSR count). The molecule has 25 heavy (non-hydrogen) atoms. The molecular formula is C21H32N2O2. The highest BCUT2D eigenvalue weighted by Gasteiger charge is 2.27. The van der Waals surface area contributed by atoms with Crippen molar-refractivity contribution >= 4 is 6.09 Å². The molecule has 2 aliphatic rings. The van der Waals surface area contributed by atoms with E-state index in [4.69, 9.17) is 4.74 Å². The number of likely N-dealkylation sites (tertiary alicyclic amines) is 1. The van der Waals surface area contributed by atoms with Crippen molar-refractivity contribution in [1.82, 2.24) is 10.2 Å². The lowest BCUT2D eigenvalue weighted by molar-refractivity contribution is 0.0184. The first-order valence-electron chi connectivity index (χ1n) is 9.69. The van der Waals surface area contributed by atoms with Gasteiger partial charge in [-0.25, -0.2) is 4.79 Å². The molecule has 0 bridgehead atoms. The van der Waals surface area contributed by atoms with Gasteiger partial charge < -0.3 is 15.0 Å². The second-order valence-electron chi connectivity index (χ2n) is 8.51. The van der Waals surface area contributed by atoms with E-state index in [0.717, 1.165) is 44.9 Å². The van der Waals surface area contributed by atoms with Crippen LogP contribution in [0.2, 0.25) is 0 Å². The number of piperidine rings is 1. The van der Waals surface area contributed by atoms with Gasteiger partial charge >= 0.3 is 6.09 Å². The van der Waals surface area contributed by atoms with Crippen molar-refractivity contribution in [1.29, 1.82) is 0 Å². The minimum Gasteiger partial charge on any atom is -0.444 e. The molecule has 1 saturated carbocycles. The Hall–Kier alpha value is -1.55. The van der Waals surface area contributed by atoms with E-state index >= 15 is 0 Å². The molecular weight excluding hydrogens is 312 g/mol. The average Bonchev–Trinajstić information content (AvgIpc) is 3.39. The van der Waals surface area contributed by atoms with E-state index in [2.05, 4.69) is 29.6 Å². The van der Waals surface area contributed by atoms with Crippen molar-refractivity contribution in [3.63, 3.8) is 0 Å². The van der Waals surface area contributed by atoms with Crippen LogP contribution < -0.4 is 5.32 Å². The summed E-state index contributed by atoms with van der Waals surface area (Å²) in [5.74, 6) is 1.45. The lowest BCUT2D eigenvalue weighted by Gasteiger charge is -2.33. The topological polar surface area (TPSA) is 41.6 Å². The molecule has 1 saturated heterocycles. The number of carbonyl (C=O) groups excluding carboxylic acids is 1. The number of nitrogens with zero attached hydrogens (tertiary/aromatic N) is 1. The zero-order valence-electron chi connectivity index (χ0n) is 15.9. The largest absolute Gasteiger partial charge is 0.444 e. The van der Waals surface area contributed by atoms with Gasteiger partial charge in [0.25, 0.3) is 0 Å². The molecule has 0 aromatic heterocycles. The molecule has 1 N–H and O–H groups in total. The maximum Gasteiger partial charge on any atom is 0.410 e. The first-order chi connectivity index (χ1) is 11.9. The lowest BCUT2D eigenvalue weighted by Crippen LogP contribution is -2.43. The highest BCUT2D eigenvalue weighted by molar-refractivity contribution is 5.68. The van der Waals surface area contributed by atoms with Crippen molar-refractivity contribution < 1.29 is 9.53 Å². The van der Waals surface area contributed by atoms with Crippen molar-refractivity contribution in [2.45, 2.75) is 64.5 Å².